The molecule has 5 rings (SSSR count). The Morgan fingerprint density at radius 1 is 0.680 bits per heavy atom. The van der Waals surface area contributed by atoms with Crippen LogP contribution in [0.25, 0.3) is 20.8 Å². The van der Waals surface area contributed by atoms with Crippen LogP contribution in [0.4, 0.5) is 0 Å². The molecule has 0 radical (unpaired) electrons. The fourth-order valence-corrected chi connectivity index (χ4v) is 4.26. The topological polar surface area (TPSA) is 47.0 Å². The summed E-state index contributed by atoms with van der Waals surface area (Å²) in [5.74, 6) is -0.234. The molecular formula is C21H11NO2S. The number of fused-ring (bicyclic) bond motifs is 4. The number of hydrogen-bond acceptors (Lipinski definition) is 4. The van der Waals surface area contributed by atoms with Crippen molar-refractivity contribution in [3.05, 3.63) is 89.0 Å². The van der Waals surface area contributed by atoms with Gasteiger partial charge in [-0.1, -0.05) is 54.6 Å². The number of hydrogen-bond donors (Lipinski definition) is 0. The van der Waals surface area contributed by atoms with E-state index < -0.39 is 0 Å². The standard InChI is InChI=1S/C21H11NO2S/c23-19-13-8-4-5-9-14(13)20(24)17-15(19)10-11-16-18(17)22-21(25-16)12-6-2-1-3-7-12/h1-11H. The van der Waals surface area contributed by atoms with Gasteiger partial charge in [0.2, 0.25) is 0 Å². The summed E-state index contributed by atoms with van der Waals surface area (Å²) in [6.07, 6.45) is 0. The van der Waals surface area contributed by atoms with E-state index in [9.17, 15) is 9.59 Å². The van der Waals surface area contributed by atoms with Gasteiger partial charge in [0.15, 0.2) is 11.6 Å². The molecule has 0 unspecified atom stereocenters. The zero-order valence-electron chi connectivity index (χ0n) is 13.0. The second-order valence-corrected chi connectivity index (χ2v) is 6.95. The second-order valence-electron chi connectivity index (χ2n) is 5.92. The van der Waals surface area contributed by atoms with Crippen molar-refractivity contribution in [2.45, 2.75) is 0 Å². The minimum Gasteiger partial charge on any atom is -0.289 e. The van der Waals surface area contributed by atoms with Gasteiger partial charge in [0.05, 0.1) is 15.8 Å². The number of carbonyl (C=O) groups is 2. The third-order valence-corrected chi connectivity index (χ3v) is 5.54. The third-order valence-electron chi connectivity index (χ3n) is 4.47. The van der Waals surface area contributed by atoms with Crippen LogP contribution in [0.5, 0.6) is 0 Å². The Kier molecular flexibility index (Phi) is 2.96. The molecule has 3 nitrogen and oxygen atoms in total. The highest BCUT2D eigenvalue weighted by Gasteiger charge is 2.32. The molecule has 3 aromatic carbocycles. The largest absolute Gasteiger partial charge is 0.289 e. The van der Waals surface area contributed by atoms with Gasteiger partial charge >= 0.3 is 0 Å². The van der Waals surface area contributed by atoms with Gasteiger partial charge in [-0.3, -0.25) is 9.59 Å². The van der Waals surface area contributed by atoms with Crippen molar-refractivity contribution in [1.29, 1.82) is 0 Å². The van der Waals surface area contributed by atoms with Gasteiger partial charge in [-0.15, -0.1) is 11.3 Å². The smallest absolute Gasteiger partial charge is 0.196 e. The maximum Gasteiger partial charge on any atom is 0.196 e. The molecule has 0 atom stereocenters. The maximum atomic E-state index is 13.0. The lowest BCUT2D eigenvalue weighted by Crippen LogP contribution is -2.21. The Labute approximate surface area is 147 Å². The first kappa shape index (κ1) is 14.3. The lowest BCUT2D eigenvalue weighted by molar-refractivity contribution is 0.0980. The van der Waals surface area contributed by atoms with E-state index in [1.807, 2.05) is 36.4 Å². The van der Waals surface area contributed by atoms with Crippen molar-refractivity contribution in [3.8, 4) is 10.6 Å². The molecule has 1 heterocycles. The fraction of sp³-hybridized carbons (Fsp3) is 0. The molecular weight excluding hydrogens is 330 g/mol. The first-order valence-electron chi connectivity index (χ1n) is 7.91. The Balaban J connectivity index is 1.79. The summed E-state index contributed by atoms with van der Waals surface area (Å²) in [6.45, 7) is 0. The van der Waals surface area contributed by atoms with Crippen molar-refractivity contribution in [2.75, 3.05) is 0 Å². The van der Waals surface area contributed by atoms with Crippen LogP contribution < -0.4 is 0 Å². The molecule has 0 N–H and O–H groups in total. The van der Waals surface area contributed by atoms with Crippen molar-refractivity contribution in [2.24, 2.45) is 0 Å². The summed E-state index contributed by atoms with van der Waals surface area (Å²) in [7, 11) is 0. The molecule has 4 aromatic rings. The lowest BCUT2D eigenvalue weighted by atomic mass is 9.83. The van der Waals surface area contributed by atoms with E-state index in [1.54, 1.807) is 30.3 Å². The molecule has 0 saturated carbocycles. The van der Waals surface area contributed by atoms with Crippen LogP contribution in [-0.2, 0) is 0 Å². The monoisotopic (exact) mass is 341 g/mol. The van der Waals surface area contributed by atoms with E-state index in [0.29, 0.717) is 27.8 Å². The molecule has 4 heteroatoms. The van der Waals surface area contributed by atoms with Crippen molar-refractivity contribution < 1.29 is 9.59 Å². The van der Waals surface area contributed by atoms with Crippen LogP contribution >= 0.6 is 11.3 Å². The van der Waals surface area contributed by atoms with Gasteiger partial charge in [0.1, 0.15) is 5.01 Å². The quantitative estimate of drug-likeness (QED) is 0.442. The Morgan fingerprint density at radius 3 is 2.12 bits per heavy atom. The summed E-state index contributed by atoms with van der Waals surface area (Å²) < 4.78 is 0.915. The SMILES string of the molecule is O=C1c2ccccc2C(=O)c2c1ccc1sc(-c3ccccc3)nc21. The van der Waals surface area contributed by atoms with Crippen LogP contribution in [0.2, 0.25) is 0 Å². The van der Waals surface area contributed by atoms with Crippen molar-refractivity contribution in [1.82, 2.24) is 4.98 Å². The molecule has 0 bridgehead atoms. The minimum absolute atomic E-state index is 0.110. The highest BCUT2D eigenvalue weighted by Crippen LogP contribution is 2.37. The molecule has 0 saturated heterocycles. The molecule has 1 aromatic heterocycles. The normalized spacial score (nSPS) is 13.0. The average Bonchev–Trinajstić information content (AvgIpc) is 3.10. The number of carbonyl (C=O) groups excluding carboxylic acids is 2. The fourth-order valence-electron chi connectivity index (χ4n) is 3.28. The minimum atomic E-state index is -0.124. The average molecular weight is 341 g/mol. The highest BCUT2D eigenvalue weighted by atomic mass is 32.1. The Morgan fingerprint density at radius 2 is 1.36 bits per heavy atom. The van der Waals surface area contributed by atoms with Crippen LogP contribution in [0, 0.1) is 0 Å². The van der Waals surface area contributed by atoms with E-state index in [2.05, 4.69) is 0 Å². The molecule has 0 aliphatic heterocycles. The highest BCUT2D eigenvalue weighted by molar-refractivity contribution is 7.21. The van der Waals surface area contributed by atoms with Gasteiger partial charge in [-0.2, -0.15) is 0 Å². The predicted octanol–water partition coefficient (Wildman–Crippen LogP) is 4.74. The van der Waals surface area contributed by atoms with Gasteiger partial charge in [-0.25, -0.2) is 4.98 Å². The van der Waals surface area contributed by atoms with Crippen LogP contribution in [0.3, 0.4) is 0 Å². The predicted molar refractivity (Wildman–Crippen MR) is 98.4 cm³/mol. The first-order chi connectivity index (χ1) is 12.2. The van der Waals surface area contributed by atoms with Gasteiger partial charge in [0.25, 0.3) is 0 Å². The number of benzene rings is 3. The van der Waals surface area contributed by atoms with Gasteiger partial charge < -0.3 is 0 Å². The molecule has 0 fully saturated rings. The number of nitrogens with zero attached hydrogens (tertiary/aromatic N) is 1. The van der Waals surface area contributed by atoms with E-state index >= 15 is 0 Å². The van der Waals surface area contributed by atoms with Crippen LogP contribution in [0.1, 0.15) is 31.8 Å². The van der Waals surface area contributed by atoms with Crippen molar-refractivity contribution in [3.63, 3.8) is 0 Å². The van der Waals surface area contributed by atoms with E-state index in [4.69, 9.17) is 4.98 Å². The number of aromatic nitrogens is 1. The van der Waals surface area contributed by atoms with Gasteiger partial charge in [0, 0.05) is 22.3 Å². The number of rotatable bonds is 1. The summed E-state index contributed by atoms with van der Waals surface area (Å²) in [5, 5.41) is 0.850. The zero-order chi connectivity index (χ0) is 17.0. The van der Waals surface area contributed by atoms with Gasteiger partial charge in [-0.05, 0) is 12.1 Å². The van der Waals surface area contributed by atoms with Crippen LogP contribution in [-0.4, -0.2) is 16.6 Å². The molecule has 1 aliphatic rings. The molecule has 0 amide bonds. The van der Waals surface area contributed by atoms with Crippen LogP contribution in [0.15, 0.2) is 66.7 Å². The third kappa shape index (κ3) is 2.01. The molecule has 25 heavy (non-hydrogen) atoms. The lowest BCUT2D eigenvalue weighted by Gasteiger charge is -2.17. The maximum absolute atomic E-state index is 13.0. The Bertz CT molecular complexity index is 1180. The zero-order valence-corrected chi connectivity index (χ0v) is 13.8. The number of ketones is 2. The molecule has 0 spiro atoms. The van der Waals surface area contributed by atoms with E-state index in [1.165, 1.54) is 11.3 Å². The summed E-state index contributed by atoms with van der Waals surface area (Å²) in [4.78, 5) is 30.5. The van der Waals surface area contributed by atoms with E-state index in [-0.39, 0.29) is 11.6 Å². The van der Waals surface area contributed by atoms with Crippen molar-refractivity contribution >= 4 is 33.1 Å². The summed E-state index contributed by atoms with van der Waals surface area (Å²) >= 11 is 1.53. The molecule has 1 aliphatic carbocycles. The second kappa shape index (κ2) is 5.19. The Hall–Kier alpha value is -3.11. The molecule has 118 valence electrons. The summed E-state index contributed by atoms with van der Waals surface area (Å²) in [5.41, 5.74) is 3.43. The summed E-state index contributed by atoms with van der Waals surface area (Å²) in [6, 6.07) is 20.5. The first-order valence-corrected chi connectivity index (χ1v) is 8.73. The van der Waals surface area contributed by atoms with E-state index in [0.717, 1.165) is 15.3 Å². The number of thiazole rings is 1.